The third kappa shape index (κ3) is 4.31. The monoisotopic (exact) mass is 279 g/mol. The molecule has 0 N–H and O–H groups in total. The Hall–Kier alpha value is -0.370. The zero-order valence-corrected chi connectivity index (χ0v) is 14.0. The molecule has 0 aromatic heterocycles. The summed E-state index contributed by atoms with van der Waals surface area (Å²) in [5.74, 6) is 2.34. The van der Waals surface area contributed by atoms with E-state index in [1.807, 2.05) is 0 Å². The maximum atomic E-state index is 12.2. The number of nitrogens with zero attached hydrogens (tertiary/aromatic N) is 1. The van der Waals surface area contributed by atoms with Gasteiger partial charge in [0.15, 0.2) is 0 Å². The average molecular weight is 279 g/mol. The lowest BCUT2D eigenvalue weighted by atomic mass is 9.75. The second-order valence-electron chi connectivity index (χ2n) is 8.26. The highest BCUT2D eigenvalue weighted by molar-refractivity contribution is 5.82. The summed E-state index contributed by atoms with van der Waals surface area (Å²) in [5, 5.41) is 0. The van der Waals surface area contributed by atoms with Crippen molar-refractivity contribution in [1.29, 1.82) is 0 Å². The van der Waals surface area contributed by atoms with Gasteiger partial charge in [-0.2, -0.15) is 0 Å². The van der Waals surface area contributed by atoms with Crippen LogP contribution < -0.4 is 0 Å². The summed E-state index contributed by atoms with van der Waals surface area (Å²) in [6, 6.07) is 0. The molecule has 1 saturated heterocycles. The Kier molecular flexibility index (Phi) is 5.28. The molecule has 2 nitrogen and oxygen atoms in total. The lowest BCUT2D eigenvalue weighted by Crippen LogP contribution is -2.38. The van der Waals surface area contributed by atoms with Crippen molar-refractivity contribution in [3.05, 3.63) is 0 Å². The highest BCUT2D eigenvalue weighted by atomic mass is 16.1. The fourth-order valence-electron chi connectivity index (χ4n) is 3.90. The molecule has 2 rings (SSSR count). The Bertz CT molecular complexity index is 334. The van der Waals surface area contributed by atoms with Gasteiger partial charge in [0.25, 0.3) is 0 Å². The minimum absolute atomic E-state index is 0.317. The van der Waals surface area contributed by atoms with Crippen molar-refractivity contribution in [2.75, 3.05) is 19.6 Å². The molecule has 0 radical (unpaired) electrons. The molecule has 0 amide bonds. The Labute approximate surface area is 125 Å². The molecule has 1 aliphatic carbocycles. The summed E-state index contributed by atoms with van der Waals surface area (Å²) in [6.45, 7) is 12.8. The maximum Gasteiger partial charge on any atom is 0.137 e. The van der Waals surface area contributed by atoms with Crippen LogP contribution >= 0.6 is 0 Å². The van der Waals surface area contributed by atoms with E-state index in [1.54, 1.807) is 0 Å². The predicted molar refractivity (Wildman–Crippen MR) is 84.7 cm³/mol. The van der Waals surface area contributed by atoms with Crippen LogP contribution in [0.1, 0.15) is 66.2 Å². The molecule has 2 atom stereocenters. The highest BCUT2D eigenvalue weighted by Crippen LogP contribution is 2.34. The van der Waals surface area contributed by atoms with Gasteiger partial charge in [-0.15, -0.1) is 0 Å². The topological polar surface area (TPSA) is 20.3 Å². The van der Waals surface area contributed by atoms with E-state index < -0.39 is 0 Å². The lowest BCUT2D eigenvalue weighted by Gasteiger charge is -2.34. The first-order valence-corrected chi connectivity index (χ1v) is 8.62. The number of ketones is 1. The van der Waals surface area contributed by atoms with E-state index in [1.165, 1.54) is 32.4 Å². The molecule has 116 valence electrons. The van der Waals surface area contributed by atoms with Crippen molar-refractivity contribution >= 4 is 5.78 Å². The van der Waals surface area contributed by atoms with Crippen LogP contribution in [-0.4, -0.2) is 30.3 Å². The summed E-state index contributed by atoms with van der Waals surface area (Å²) in [5.41, 5.74) is 0.492. The quantitative estimate of drug-likeness (QED) is 0.774. The summed E-state index contributed by atoms with van der Waals surface area (Å²) in [6.07, 6.45) is 6.99. The van der Waals surface area contributed by atoms with Gasteiger partial charge >= 0.3 is 0 Å². The van der Waals surface area contributed by atoms with E-state index in [0.717, 1.165) is 37.6 Å². The van der Waals surface area contributed by atoms with Gasteiger partial charge < -0.3 is 4.90 Å². The Morgan fingerprint density at radius 1 is 1.25 bits per heavy atom. The Morgan fingerprint density at radius 2 is 2.00 bits per heavy atom. The smallest absolute Gasteiger partial charge is 0.137 e. The van der Waals surface area contributed by atoms with Crippen molar-refractivity contribution in [3.63, 3.8) is 0 Å². The number of hydrogen-bond acceptors (Lipinski definition) is 2. The molecule has 0 aromatic rings. The molecular formula is C18H33NO. The molecule has 2 unspecified atom stereocenters. The van der Waals surface area contributed by atoms with Crippen LogP contribution in [0.5, 0.6) is 0 Å². The van der Waals surface area contributed by atoms with Crippen LogP contribution in [0.4, 0.5) is 0 Å². The van der Waals surface area contributed by atoms with Gasteiger partial charge in [0.2, 0.25) is 0 Å². The van der Waals surface area contributed by atoms with E-state index in [9.17, 15) is 4.79 Å². The van der Waals surface area contributed by atoms with Gasteiger partial charge in [0.05, 0.1) is 0 Å². The Balaban J connectivity index is 1.89. The first-order chi connectivity index (χ1) is 9.37. The van der Waals surface area contributed by atoms with Crippen LogP contribution in [0, 0.1) is 23.2 Å². The van der Waals surface area contributed by atoms with Gasteiger partial charge in [-0.05, 0) is 62.4 Å². The van der Waals surface area contributed by atoms with Crippen molar-refractivity contribution < 1.29 is 4.79 Å². The number of rotatable bonds is 3. The van der Waals surface area contributed by atoms with E-state index in [4.69, 9.17) is 0 Å². The highest BCUT2D eigenvalue weighted by Gasteiger charge is 2.32. The van der Waals surface area contributed by atoms with Crippen LogP contribution in [-0.2, 0) is 4.79 Å². The van der Waals surface area contributed by atoms with E-state index in [-0.39, 0.29) is 0 Å². The molecule has 2 heteroatoms. The molecule has 1 heterocycles. The molecule has 2 fully saturated rings. The lowest BCUT2D eigenvalue weighted by molar-refractivity contribution is -0.126. The third-order valence-electron chi connectivity index (χ3n) is 5.66. The van der Waals surface area contributed by atoms with E-state index >= 15 is 0 Å². The summed E-state index contributed by atoms with van der Waals surface area (Å²) < 4.78 is 0. The SMILES string of the molecule is CC(C)C1CCC(=O)C(CN2CCCC(C)(C)CC2)C1. The number of hydrogen-bond donors (Lipinski definition) is 0. The van der Waals surface area contributed by atoms with Crippen LogP contribution in [0.3, 0.4) is 0 Å². The second-order valence-corrected chi connectivity index (χ2v) is 8.26. The second kappa shape index (κ2) is 6.60. The van der Waals surface area contributed by atoms with Gasteiger partial charge in [-0.25, -0.2) is 0 Å². The third-order valence-corrected chi connectivity index (χ3v) is 5.66. The zero-order valence-electron chi connectivity index (χ0n) is 14.0. The number of carbonyl (C=O) groups is 1. The van der Waals surface area contributed by atoms with Crippen LogP contribution in [0.25, 0.3) is 0 Å². The summed E-state index contributed by atoms with van der Waals surface area (Å²) in [7, 11) is 0. The van der Waals surface area contributed by atoms with Crippen LogP contribution in [0.2, 0.25) is 0 Å². The van der Waals surface area contributed by atoms with Crippen molar-refractivity contribution in [2.45, 2.75) is 66.2 Å². The largest absolute Gasteiger partial charge is 0.303 e. The van der Waals surface area contributed by atoms with Gasteiger partial charge in [0, 0.05) is 18.9 Å². The molecule has 0 bridgehead atoms. The standard InChI is InChI=1S/C18H33NO/c1-14(2)15-6-7-17(20)16(12-15)13-19-10-5-8-18(3,4)9-11-19/h14-16H,5-13H2,1-4H3. The first-order valence-electron chi connectivity index (χ1n) is 8.62. The van der Waals surface area contributed by atoms with E-state index in [2.05, 4.69) is 32.6 Å². The predicted octanol–water partition coefficient (Wildman–Crippen LogP) is 4.14. The number of Topliss-reactive ketones (excluding diaryl/α,β-unsaturated/α-hetero) is 1. The molecule has 0 aromatic carbocycles. The minimum atomic E-state index is 0.317. The molecule has 1 aliphatic heterocycles. The molecule has 1 saturated carbocycles. The fraction of sp³-hybridized carbons (Fsp3) is 0.944. The fourth-order valence-corrected chi connectivity index (χ4v) is 3.90. The normalized spacial score (nSPS) is 32.4. The summed E-state index contributed by atoms with van der Waals surface area (Å²) >= 11 is 0. The van der Waals surface area contributed by atoms with E-state index in [0.29, 0.717) is 17.1 Å². The number of likely N-dealkylation sites (tertiary alicyclic amines) is 1. The maximum absolute atomic E-state index is 12.2. The average Bonchev–Trinajstić information content (AvgIpc) is 2.53. The zero-order chi connectivity index (χ0) is 14.8. The van der Waals surface area contributed by atoms with Crippen molar-refractivity contribution in [2.24, 2.45) is 23.2 Å². The minimum Gasteiger partial charge on any atom is -0.303 e. The van der Waals surface area contributed by atoms with Crippen molar-refractivity contribution in [3.8, 4) is 0 Å². The summed E-state index contributed by atoms with van der Waals surface area (Å²) in [4.78, 5) is 14.8. The number of carbonyl (C=O) groups excluding carboxylic acids is 1. The molecule has 20 heavy (non-hydrogen) atoms. The molecule has 0 spiro atoms. The molecule has 2 aliphatic rings. The van der Waals surface area contributed by atoms with Gasteiger partial charge in [-0.1, -0.05) is 27.7 Å². The van der Waals surface area contributed by atoms with Crippen molar-refractivity contribution in [1.82, 2.24) is 4.90 Å². The van der Waals surface area contributed by atoms with Gasteiger partial charge in [-0.3, -0.25) is 4.79 Å². The van der Waals surface area contributed by atoms with Gasteiger partial charge in [0.1, 0.15) is 5.78 Å². The van der Waals surface area contributed by atoms with Crippen LogP contribution in [0.15, 0.2) is 0 Å². The first kappa shape index (κ1) is 16.0. The Morgan fingerprint density at radius 3 is 2.70 bits per heavy atom. The molecular weight excluding hydrogens is 246 g/mol.